The summed E-state index contributed by atoms with van der Waals surface area (Å²) in [4.78, 5) is 12.0. The number of rotatable bonds is 26. The summed E-state index contributed by atoms with van der Waals surface area (Å²) in [5, 5.41) is 0. The molecule has 212 valence electrons. The minimum atomic E-state index is -4.37. The second-order valence-corrected chi connectivity index (χ2v) is 13.9. The predicted molar refractivity (Wildman–Crippen MR) is 146 cm³/mol. The van der Waals surface area contributed by atoms with Crippen molar-refractivity contribution in [1.29, 1.82) is 0 Å². The van der Waals surface area contributed by atoms with E-state index in [1.165, 1.54) is 77.0 Å². The highest BCUT2D eigenvalue weighted by Gasteiger charge is 2.21. The summed E-state index contributed by atoms with van der Waals surface area (Å²) in [7, 11) is 3.07. The van der Waals surface area contributed by atoms with E-state index < -0.39 is 19.0 Å². The standard InChI is InChI=1S/C26H56NO6PS/c1-6-7-8-9-10-11-12-13-14-15-16-17-18-19-22-35(30)25-26(23-31-5)24-33-34(28,29)32-21-20-27(2,3)4/h26H,6-25H2,1-5H3. The Morgan fingerprint density at radius 2 is 1.29 bits per heavy atom. The van der Waals surface area contributed by atoms with Crippen molar-refractivity contribution in [3.8, 4) is 0 Å². The Hall–Kier alpha value is 0.340. The van der Waals surface area contributed by atoms with Gasteiger partial charge in [-0.2, -0.15) is 0 Å². The van der Waals surface area contributed by atoms with Crippen molar-refractivity contribution in [2.24, 2.45) is 5.92 Å². The molecule has 9 heteroatoms. The van der Waals surface area contributed by atoms with Crippen molar-refractivity contribution >= 4 is 19.0 Å². The lowest BCUT2D eigenvalue weighted by Gasteiger charge is -2.28. The summed E-state index contributed by atoms with van der Waals surface area (Å²) < 4.78 is 40.2. The molecule has 35 heavy (non-hydrogen) atoms. The summed E-state index contributed by atoms with van der Waals surface area (Å²) in [5.41, 5.74) is 0. The topological polar surface area (TPSA) is 90.9 Å². The number of hydrogen-bond acceptors (Lipinski definition) is 6. The normalized spacial score (nSPS) is 15.7. The van der Waals surface area contributed by atoms with Crippen LogP contribution in [0.2, 0.25) is 0 Å². The molecule has 3 unspecified atom stereocenters. The van der Waals surface area contributed by atoms with Gasteiger partial charge in [0.25, 0.3) is 7.82 Å². The van der Waals surface area contributed by atoms with Crippen LogP contribution in [0.15, 0.2) is 0 Å². The van der Waals surface area contributed by atoms with E-state index >= 15 is 0 Å². The van der Waals surface area contributed by atoms with Crippen LogP contribution in [-0.4, -0.2) is 75.2 Å². The van der Waals surface area contributed by atoms with Crippen LogP contribution in [0.25, 0.3) is 0 Å². The molecule has 0 N–H and O–H groups in total. The van der Waals surface area contributed by atoms with E-state index in [1.54, 1.807) is 7.11 Å². The van der Waals surface area contributed by atoms with Gasteiger partial charge in [0, 0.05) is 7.11 Å². The molecule has 0 saturated heterocycles. The quantitative estimate of drug-likeness (QED) is 0.0605. The molecule has 0 aliphatic carbocycles. The number of methoxy groups -OCH3 is 1. The zero-order valence-electron chi connectivity index (χ0n) is 23.5. The molecule has 0 aliphatic heterocycles. The highest BCUT2D eigenvalue weighted by atomic mass is 32.2. The third kappa shape index (κ3) is 25.8. The largest absolute Gasteiger partial charge is 0.756 e. The molecule has 0 aliphatic rings. The van der Waals surface area contributed by atoms with Crippen LogP contribution in [0.3, 0.4) is 0 Å². The van der Waals surface area contributed by atoms with E-state index in [-0.39, 0.29) is 19.1 Å². The maximum atomic E-state index is 12.5. The average molecular weight is 542 g/mol. The Bertz CT molecular complexity index is 521. The van der Waals surface area contributed by atoms with Gasteiger partial charge in [-0.1, -0.05) is 95.1 Å². The lowest BCUT2D eigenvalue weighted by molar-refractivity contribution is -0.870. The summed E-state index contributed by atoms with van der Waals surface area (Å²) in [6.07, 6.45) is 18.2. The van der Waals surface area contributed by atoms with E-state index in [0.717, 1.165) is 12.8 Å². The maximum absolute atomic E-state index is 12.5. The van der Waals surface area contributed by atoms with Crippen LogP contribution >= 0.6 is 7.82 Å². The van der Waals surface area contributed by atoms with E-state index in [2.05, 4.69) is 6.92 Å². The molecule has 0 aromatic heterocycles. The van der Waals surface area contributed by atoms with Gasteiger partial charge in [0.1, 0.15) is 24.7 Å². The first-order chi connectivity index (χ1) is 16.6. The average Bonchev–Trinajstić information content (AvgIpc) is 2.77. The molecule has 0 spiro atoms. The molecule has 0 bridgehead atoms. The highest BCUT2D eigenvalue weighted by molar-refractivity contribution is 7.91. The third-order valence-corrected chi connectivity index (χ3v) is 8.58. The van der Waals surface area contributed by atoms with Gasteiger partial charge < -0.3 is 27.7 Å². The zero-order chi connectivity index (χ0) is 26.4. The van der Waals surface area contributed by atoms with Gasteiger partial charge in [-0.15, -0.1) is 0 Å². The SMILES string of the molecule is CCCCCCCCCCCCCCCC[S+]([O-])CC(COC)COP(=O)([O-])OCC[N+](C)(C)C. The van der Waals surface area contributed by atoms with Gasteiger partial charge in [-0.05, 0) is 12.8 Å². The molecule has 0 fully saturated rings. The molecule has 7 nitrogen and oxygen atoms in total. The van der Waals surface area contributed by atoms with Crippen molar-refractivity contribution < 1.29 is 32.3 Å². The van der Waals surface area contributed by atoms with Crippen molar-refractivity contribution in [2.75, 3.05) is 66.1 Å². The van der Waals surface area contributed by atoms with Crippen molar-refractivity contribution in [2.45, 2.75) is 96.8 Å². The van der Waals surface area contributed by atoms with E-state index in [4.69, 9.17) is 13.8 Å². The van der Waals surface area contributed by atoms with Crippen LogP contribution in [0.5, 0.6) is 0 Å². The number of ether oxygens (including phenoxy) is 1. The Morgan fingerprint density at radius 3 is 1.74 bits per heavy atom. The number of quaternary nitrogens is 1. The molecule has 3 atom stereocenters. The lowest BCUT2D eigenvalue weighted by atomic mass is 10.0. The summed E-state index contributed by atoms with van der Waals surface area (Å²) in [6.45, 7) is 3.13. The van der Waals surface area contributed by atoms with Crippen molar-refractivity contribution in [3.05, 3.63) is 0 Å². The number of unbranched alkanes of at least 4 members (excludes halogenated alkanes) is 13. The van der Waals surface area contributed by atoms with Crippen molar-refractivity contribution in [1.82, 2.24) is 0 Å². The first kappa shape index (κ1) is 35.3. The molecular formula is C26H56NO6PS. The number of nitrogens with zero attached hydrogens (tertiary/aromatic N) is 1. The Morgan fingerprint density at radius 1 is 0.800 bits per heavy atom. The molecule has 0 saturated carbocycles. The Labute approximate surface area is 220 Å². The van der Waals surface area contributed by atoms with Crippen LogP contribution in [0, 0.1) is 5.92 Å². The predicted octanol–water partition coefficient (Wildman–Crippen LogP) is 5.69. The zero-order valence-corrected chi connectivity index (χ0v) is 25.2. The van der Waals surface area contributed by atoms with Gasteiger partial charge >= 0.3 is 0 Å². The smallest absolute Gasteiger partial charge is 0.268 e. The molecule has 0 rings (SSSR count). The van der Waals surface area contributed by atoms with Gasteiger partial charge in [0.05, 0.1) is 40.3 Å². The van der Waals surface area contributed by atoms with Crippen LogP contribution in [0.1, 0.15) is 96.8 Å². The van der Waals surface area contributed by atoms with Gasteiger partial charge in [0.2, 0.25) is 0 Å². The van der Waals surface area contributed by atoms with E-state index in [9.17, 15) is 14.0 Å². The molecule has 0 amide bonds. The Balaban J connectivity index is 3.81. The molecule has 0 aromatic carbocycles. The van der Waals surface area contributed by atoms with E-state index in [1.807, 2.05) is 21.1 Å². The van der Waals surface area contributed by atoms with E-state index in [0.29, 0.717) is 29.1 Å². The molecular weight excluding hydrogens is 485 g/mol. The third-order valence-electron chi connectivity index (χ3n) is 6.03. The van der Waals surface area contributed by atoms with Gasteiger partial charge in [-0.3, -0.25) is 4.57 Å². The monoisotopic (exact) mass is 541 g/mol. The fourth-order valence-corrected chi connectivity index (χ4v) is 6.03. The first-order valence-electron chi connectivity index (χ1n) is 13.8. The maximum Gasteiger partial charge on any atom is 0.268 e. The minimum absolute atomic E-state index is 0.0660. The highest BCUT2D eigenvalue weighted by Crippen LogP contribution is 2.38. The summed E-state index contributed by atoms with van der Waals surface area (Å²) in [6, 6.07) is 0. The molecule has 0 radical (unpaired) electrons. The minimum Gasteiger partial charge on any atom is -0.756 e. The summed E-state index contributed by atoms with van der Waals surface area (Å²) >= 11 is -1.01. The second-order valence-electron chi connectivity index (χ2n) is 10.8. The molecule has 0 aromatic rings. The number of likely N-dealkylation sites (N-methyl/N-ethyl adjacent to an activating group) is 1. The number of phosphoric ester groups is 1. The molecule has 0 heterocycles. The van der Waals surface area contributed by atoms with Crippen LogP contribution in [0.4, 0.5) is 0 Å². The fraction of sp³-hybridized carbons (Fsp3) is 1.00. The lowest BCUT2D eigenvalue weighted by Crippen LogP contribution is -2.37. The van der Waals surface area contributed by atoms with Gasteiger partial charge in [0.15, 0.2) is 0 Å². The van der Waals surface area contributed by atoms with Crippen molar-refractivity contribution in [3.63, 3.8) is 0 Å². The Kier molecular flexibility index (Phi) is 22.6. The number of phosphoric acid groups is 1. The first-order valence-corrected chi connectivity index (χ1v) is 16.8. The summed E-state index contributed by atoms with van der Waals surface area (Å²) in [5.74, 6) is 0.787. The van der Waals surface area contributed by atoms with Crippen LogP contribution < -0.4 is 4.89 Å². The second kappa shape index (κ2) is 22.3. The van der Waals surface area contributed by atoms with Gasteiger partial charge in [-0.25, -0.2) is 0 Å². The van der Waals surface area contributed by atoms with Crippen LogP contribution in [-0.2, 0) is 29.5 Å². The number of hydrogen-bond donors (Lipinski definition) is 0. The fourth-order valence-electron chi connectivity index (χ4n) is 3.84.